The van der Waals surface area contributed by atoms with Gasteiger partial charge < -0.3 is 20.7 Å². The molecule has 3 N–H and O–H groups in total. The van der Waals surface area contributed by atoms with Gasteiger partial charge in [0.05, 0.1) is 12.8 Å². The van der Waals surface area contributed by atoms with E-state index >= 15 is 0 Å². The number of hydrogen-bond acceptors (Lipinski definition) is 4. The topological polar surface area (TPSA) is 67.6 Å². The van der Waals surface area contributed by atoms with E-state index in [9.17, 15) is 4.79 Å². The molecule has 0 aromatic heterocycles. The van der Waals surface area contributed by atoms with Crippen LogP contribution in [0.3, 0.4) is 0 Å². The van der Waals surface area contributed by atoms with Crippen molar-refractivity contribution in [2.24, 2.45) is 0 Å². The number of ether oxygens (including phenoxy) is 1. The second kappa shape index (κ2) is 6.17. The van der Waals surface area contributed by atoms with Crippen LogP contribution in [0.15, 0.2) is 42.5 Å². The molecule has 5 heteroatoms. The van der Waals surface area contributed by atoms with Gasteiger partial charge in [0, 0.05) is 37.1 Å². The number of nitrogens with two attached hydrogens (primary N) is 1. The molecule has 0 spiro atoms. The summed E-state index contributed by atoms with van der Waals surface area (Å²) < 4.78 is 5.22. The van der Waals surface area contributed by atoms with Crippen molar-refractivity contribution >= 4 is 23.0 Å². The van der Waals surface area contributed by atoms with Crippen molar-refractivity contribution in [2.75, 3.05) is 37.2 Å². The number of carbonyl (C=O) groups excluding carboxylic acids is 1. The Morgan fingerprint density at radius 2 is 1.95 bits per heavy atom. The fraction of sp³-hybridized carbons (Fsp3) is 0.188. The van der Waals surface area contributed by atoms with Gasteiger partial charge in [-0.1, -0.05) is 6.07 Å². The second-order valence-corrected chi connectivity index (χ2v) is 4.86. The predicted molar refractivity (Wildman–Crippen MR) is 86.1 cm³/mol. The summed E-state index contributed by atoms with van der Waals surface area (Å²) in [7, 11) is 5.40. The number of benzene rings is 2. The maximum absolute atomic E-state index is 12.3. The van der Waals surface area contributed by atoms with Crippen LogP contribution in [0, 0.1) is 0 Å². The first-order valence-electron chi connectivity index (χ1n) is 6.53. The van der Waals surface area contributed by atoms with Crippen molar-refractivity contribution in [2.45, 2.75) is 0 Å². The fourth-order valence-corrected chi connectivity index (χ4v) is 1.93. The van der Waals surface area contributed by atoms with Crippen LogP contribution in [-0.4, -0.2) is 27.1 Å². The highest BCUT2D eigenvalue weighted by Crippen LogP contribution is 2.27. The monoisotopic (exact) mass is 285 g/mol. The maximum Gasteiger partial charge on any atom is 0.255 e. The number of nitrogens with one attached hydrogen (secondary N) is 1. The highest BCUT2D eigenvalue weighted by molar-refractivity contribution is 6.05. The number of methoxy groups -OCH3 is 1. The molecule has 0 heterocycles. The highest BCUT2D eigenvalue weighted by atomic mass is 16.5. The Bertz CT molecular complexity index is 654. The number of anilines is 3. The molecule has 0 bridgehead atoms. The lowest BCUT2D eigenvalue weighted by Gasteiger charge is -2.14. The molecule has 0 aliphatic heterocycles. The van der Waals surface area contributed by atoms with Crippen LogP contribution in [-0.2, 0) is 0 Å². The van der Waals surface area contributed by atoms with Gasteiger partial charge in [-0.3, -0.25) is 4.79 Å². The summed E-state index contributed by atoms with van der Waals surface area (Å²) in [5.74, 6) is 0.342. The number of rotatable bonds is 4. The van der Waals surface area contributed by atoms with Gasteiger partial charge in [-0.05, 0) is 30.3 Å². The van der Waals surface area contributed by atoms with Gasteiger partial charge >= 0.3 is 0 Å². The van der Waals surface area contributed by atoms with Crippen LogP contribution < -0.4 is 20.7 Å². The lowest BCUT2D eigenvalue weighted by Crippen LogP contribution is -2.14. The van der Waals surface area contributed by atoms with Crippen molar-refractivity contribution in [1.82, 2.24) is 0 Å². The Labute approximate surface area is 124 Å². The number of hydrogen-bond donors (Lipinski definition) is 2. The predicted octanol–water partition coefficient (Wildman–Crippen LogP) is 2.60. The molecule has 0 atom stereocenters. The Morgan fingerprint density at radius 3 is 2.62 bits per heavy atom. The van der Waals surface area contributed by atoms with Gasteiger partial charge in [-0.25, -0.2) is 0 Å². The summed E-state index contributed by atoms with van der Waals surface area (Å²) >= 11 is 0. The van der Waals surface area contributed by atoms with E-state index in [2.05, 4.69) is 5.32 Å². The zero-order valence-corrected chi connectivity index (χ0v) is 12.4. The average molecular weight is 285 g/mol. The average Bonchev–Trinajstić information content (AvgIpc) is 2.49. The van der Waals surface area contributed by atoms with Gasteiger partial charge in [-0.15, -0.1) is 0 Å². The Balaban J connectivity index is 2.24. The Morgan fingerprint density at radius 1 is 1.19 bits per heavy atom. The minimum absolute atomic E-state index is 0.193. The van der Waals surface area contributed by atoms with Crippen molar-refractivity contribution in [3.63, 3.8) is 0 Å². The molecule has 0 unspecified atom stereocenters. The SMILES string of the molecule is COc1cc(N)ccc1NC(=O)c1cccc(N(C)C)c1. The molecule has 0 aliphatic rings. The van der Waals surface area contributed by atoms with Crippen molar-refractivity contribution in [3.8, 4) is 5.75 Å². The van der Waals surface area contributed by atoms with Crippen LogP contribution in [0.4, 0.5) is 17.1 Å². The molecule has 2 aromatic rings. The smallest absolute Gasteiger partial charge is 0.255 e. The summed E-state index contributed by atoms with van der Waals surface area (Å²) in [6.07, 6.45) is 0. The third-order valence-corrected chi connectivity index (χ3v) is 3.10. The number of amides is 1. The normalized spacial score (nSPS) is 10.0. The lowest BCUT2D eigenvalue weighted by molar-refractivity contribution is 0.102. The van der Waals surface area contributed by atoms with Crippen molar-refractivity contribution in [1.29, 1.82) is 0 Å². The third kappa shape index (κ3) is 3.45. The van der Waals surface area contributed by atoms with E-state index in [1.165, 1.54) is 7.11 Å². The van der Waals surface area contributed by atoms with E-state index < -0.39 is 0 Å². The first-order chi connectivity index (χ1) is 10.0. The molecule has 21 heavy (non-hydrogen) atoms. The molecule has 0 fully saturated rings. The quantitative estimate of drug-likeness (QED) is 0.847. The van der Waals surface area contributed by atoms with E-state index in [1.807, 2.05) is 37.2 Å². The standard InChI is InChI=1S/C16H19N3O2/c1-19(2)13-6-4-5-11(9-13)16(20)18-14-8-7-12(17)10-15(14)21-3/h4-10H,17H2,1-3H3,(H,18,20). The molecule has 2 rings (SSSR count). The first-order valence-corrected chi connectivity index (χ1v) is 6.53. The summed E-state index contributed by atoms with van der Waals surface area (Å²) in [5.41, 5.74) is 8.42. The summed E-state index contributed by atoms with van der Waals surface area (Å²) in [6, 6.07) is 12.5. The van der Waals surface area contributed by atoms with E-state index in [0.717, 1.165) is 5.69 Å². The number of nitrogens with zero attached hydrogens (tertiary/aromatic N) is 1. The van der Waals surface area contributed by atoms with E-state index in [1.54, 1.807) is 24.3 Å². The maximum atomic E-state index is 12.3. The zero-order valence-electron chi connectivity index (χ0n) is 12.4. The number of nitrogen functional groups attached to an aromatic ring is 1. The van der Waals surface area contributed by atoms with Crippen LogP contribution >= 0.6 is 0 Å². The second-order valence-electron chi connectivity index (χ2n) is 4.86. The van der Waals surface area contributed by atoms with E-state index in [4.69, 9.17) is 10.5 Å². The molecule has 0 saturated carbocycles. The fourth-order valence-electron chi connectivity index (χ4n) is 1.93. The van der Waals surface area contributed by atoms with E-state index in [0.29, 0.717) is 22.7 Å². The zero-order chi connectivity index (χ0) is 15.4. The minimum atomic E-state index is -0.193. The van der Waals surface area contributed by atoms with Gasteiger partial charge in [0.25, 0.3) is 5.91 Å². The molecule has 110 valence electrons. The molecule has 0 saturated heterocycles. The molecule has 0 aliphatic carbocycles. The number of carbonyl (C=O) groups is 1. The molecule has 0 radical (unpaired) electrons. The summed E-state index contributed by atoms with van der Waals surface area (Å²) in [6.45, 7) is 0. The van der Waals surface area contributed by atoms with Crippen LogP contribution in [0.2, 0.25) is 0 Å². The third-order valence-electron chi connectivity index (χ3n) is 3.10. The molecule has 5 nitrogen and oxygen atoms in total. The molecular formula is C16H19N3O2. The highest BCUT2D eigenvalue weighted by Gasteiger charge is 2.11. The minimum Gasteiger partial charge on any atom is -0.494 e. The summed E-state index contributed by atoms with van der Waals surface area (Å²) in [5, 5.41) is 2.83. The lowest BCUT2D eigenvalue weighted by atomic mass is 10.1. The molecular weight excluding hydrogens is 266 g/mol. The van der Waals surface area contributed by atoms with Crippen molar-refractivity contribution < 1.29 is 9.53 Å². The van der Waals surface area contributed by atoms with Gasteiger partial charge in [0.1, 0.15) is 5.75 Å². The van der Waals surface area contributed by atoms with Crippen molar-refractivity contribution in [3.05, 3.63) is 48.0 Å². The van der Waals surface area contributed by atoms with Crippen LogP contribution in [0.25, 0.3) is 0 Å². The van der Waals surface area contributed by atoms with Crippen LogP contribution in [0.1, 0.15) is 10.4 Å². The Hall–Kier alpha value is -2.69. The van der Waals surface area contributed by atoms with E-state index in [-0.39, 0.29) is 5.91 Å². The van der Waals surface area contributed by atoms with Gasteiger partial charge in [0.2, 0.25) is 0 Å². The molecule has 1 amide bonds. The van der Waals surface area contributed by atoms with Crippen LogP contribution in [0.5, 0.6) is 5.75 Å². The molecule has 2 aromatic carbocycles. The summed E-state index contributed by atoms with van der Waals surface area (Å²) in [4.78, 5) is 14.3. The first kappa shape index (κ1) is 14.7. The van der Waals surface area contributed by atoms with Gasteiger partial charge in [0.15, 0.2) is 0 Å². The largest absolute Gasteiger partial charge is 0.494 e. The Kier molecular flexibility index (Phi) is 4.33. The van der Waals surface area contributed by atoms with Gasteiger partial charge in [-0.2, -0.15) is 0 Å².